The van der Waals surface area contributed by atoms with E-state index in [4.69, 9.17) is 5.73 Å². The molecule has 120 valence electrons. The molecule has 5 nitrogen and oxygen atoms in total. The van der Waals surface area contributed by atoms with Crippen molar-refractivity contribution in [3.8, 4) is 0 Å². The Morgan fingerprint density at radius 3 is 2.45 bits per heavy atom. The van der Waals surface area contributed by atoms with Crippen LogP contribution in [0.2, 0.25) is 0 Å². The molecule has 2 amide bonds. The first-order valence-corrected chi connectivity index (χ1v) is 7.59. The van der Waals surface area contributed by atoms with Crippen molar-refractivity contribution < 1.29 is 14.0 Å². The summed E-state index contributed by atoms with van der Waals surface area (Å²) in [6.45, 7) is 2.47. The lowest BCUT2D eigenvalue weighted by molar-refractivity contribution is -0.119. The monoisotopic (exact) mass is 307 g/mol. The predicted octanol–water partition coefficient (Wildman–Crippen LogP) is 1.74. The van der Waals surface area contributed by atoms with E-state index in [-0.39, 0.29) is 17.6 Å². The van der Waals surface area contributed by atoms with Gasteiger partial charge >= 0.3 is 0 Å². The van der Waals surface area contributed by atoms with E-state index in [2.05, 4.69) is 10.2 Å². The van der Waals surface area contributed by atoms with Crippen LogP contribution in [0.15, 0.2) is 24.3 Å². The summed E-state index contributed by atoms with van der Waals surface area (Å²) in [6.07, 6.45) is 2.75. The molecule has 1 saturated heterocycles. The van der Waals surface area contributed by atoms with Crippen LogP contribution in [0.5, 0.6) is 0 Å². The van der Waals surface area contributed by atoms with E-state index in [0.717, 1.165) is 25.9 Å². The summed E-state index contributed by atoms with van der Waals surface area (Å²) in [5.74, 6) is -0.262. The minimum absolute atomic E-state index is 0.0779. The Morgan fingerprint density at radius 1 is 1.23 bits per heavy atom. The second-order valence-corrected chi connectivity index (χ2v) is 5.76. The third-order valence-corrected chi connectivity index (χ3v) is 3.98. The zero-order valence-electron chi connectivity index (χ0n) is 12.6. The molecule has 1 aliphatic heterocycles. The highest BCUT2D eigenvalue weighted by Crippen LogP contribution is 2.20. The van der Waals surface area contributed by atoms with Crippen LogP contribution in [0.25, 0.3) is 0 Å². The van der Waals surface area contributed by atoms with Gasteiger partial charge in [-0.15, -0.1) is 0 Å². The predicted molar refractivity (Wildman–Crippen MR) is 82.6 cm³/mol. The van der Waals surface area contributed by atoms with Gasteiger partial charge < -0.3 is 16.0 Å². The number of rotatable bonds is 6. The number of likely N-dealkylation sites (tertiary alicyclic amines) is 1. The molecule has 0 atom stereocenters. The van der Waals surface area contributed by atoms with Crippen molar-refractivity contribution in [2.45, 2.75) is 25.7 Å². The first-order chi connectivity index (χ1) is 10.5. The molecule has 0 unspecified atom stereocenters. The van der Waals surface area contributed by atoms with Gasteiger partial charge in [0, 0.05) is 25.1 Å². The van der Waals surface area contributed by atoms with E-state index in [1.165, 1.54) is 12.1 Å². The maximum absolute atomic E-state index is 12.8. The summed E-state index contributed by atoms with van der Waals surface area (Å²) in [6, 6.07) is 5.73. The summed E-state index contributed by atoms with van der Waals surface area (Å²) in [7, 11) is 0. The zero-order valence-corrected chi connectivity index (χ0v) is 12.6. The molecule has 0 spiro atoms. The summed E-state index contributed by atoms with van der Waals surface area (Å²) in [5.41, 5.74) is 5.81. The maximum Gasteiger partial charge on any atom is 0.225 e. The van der Waals surface area contributed by atoms with Gasteiger partial charge in [0.15, 0.2) is 0 Å². The molecule has 0 aromatic heterocycles. The summed E-state index contributed by atoms with van der Waals surface area (Å²) in [5, 5.41) is 2.75. The average Bonchev–Trinajstić information content (AvgIpc) is 2.48. The molecule has 1 fully saturated rings. The molecule has 0 bridgehead atoms. The number of piperidine rings is 1. The molecule has 1 aromatic carbocycles. The Balaban J connectivity index is 1.67. The van der Waals surface area contributed by atoms with E-state index in [9.17, 15) is 14.0 Å². The van der Waals surface area contributed by atoms with Gasteiger partial charge in [0.2, 0.25) is 11.8 Å². The highest BCUT2D eigenvalue weighted by molar-refractivity contribution is 5.90. The van der Waals surface area contributed by atoms with Gasteiger partial charge in [-0.25, -0.2) is 4.39 Å². The quantitative estimate of drug-likeness (QED) is 0.840. The number of anilines is 1. The highest BCUT2D eigenvalue weighted by Gasteiger charge is 2.20. The molecule has 22 heavy (non-hydrogen) atoms. The third-order valence-electron chi connectivity index (χ3n) is 3.98. The number of hydrogen-bond donors (Lipinski definition) is 2. The van der Waals surface area contributed by atoms with Crippen LogP contribution in [0.3, 0.4) is 0 Å². The largest absolute Gasteiger partial charge is 0.370 e. The average molecular weight is 307 g/mol. The van der Waals surface area contributed by atoms with Crippen molar-refractivity contribution in [3.63, 3.8) is 0 Å². The van der Waals surface area contributed by atoms with E-state index in [1.807, 2.05) is 0 Å². The van der Waals surface area contributed by atoms with Crippen LogP contribution in [0.1, 0.15) is 25.7 Å². The maximum atomic E-state index is 12.8. The van der Waals surface area contributed by atoms with Crippen LogP contribution >= 0.6 is 0 Å². The van der Waals surface area contributed by atoms with Crippen LogP contribution in [0.4, 0.5) is 10.1 Å². The lowest BCUT2D eigenvalue weighted by Crippen LogP contribution is -2.36. The standard InChI is InChI=1S/C16H22FN3O2/c17-13-1-3-14(4-2-13)19-16(22)7-10-20-8-5-12(6-9-20)11-15(18)21/h1-4,12H,5-11H2,(H2,18,21)(H,19,22). The number of carbonyl (C=O) groups excluding carboxylic acids is 2. The van der Waals surface area contributed by atoms with E-state index in [0.29, 0.717) is 31.0 Å². The normalized spacial score (nSPS) is 16.4. The van der Waals surface area contributed by atoms with Crippen LogP contribution in [0, 0.1) is 11.7 Å². The molecule has 2 rings (SSSR count). The first-order valence-electron chi connectivity index (χ1n) is 7.59. The minimum Gasteiger partial charge on any atom is -0.370 e. The molecular weight excluding hydrogens is 285 g/mol. The van der Waals surface area contributed by atoms with Crippen LogP contribution in [-0.4, -0.2) is 36.3 Å². The fraction of sp³-hybridized carbons (Fsp3) is 0.500. The topological polar surface area (TPSA) is 75.4 Å². The van der Waals surface area contributed by atoms with Crippen LogP contribution < -0.4 is 11.1 Å². The molecule has 0 aliphatic carbocycles. The Labute approximate surface area is 129 Å². The number of carbonyl (C=O) groups is 2. The van der Waals surface area contributed by atoms with Gasteiger partial charge in [-0.05, 0) is 56.1 Å². The second kappa shape index (κ2) is 7.89. The lowest BCUT2D eigenvalue weighted by Gasteiger charge is -2.31. The van der Waals surface area contributed by atoms with E-state index >= 15 is 0 Å². The number of nitrogens with zero attached hydrogens (tertiary/aromatic N) is 1. The molecule has 0 radical (unpaired) electrons. The third kappa shape index (κ3) is 5.44. The number of halogens is 1. The molecule has 3 N–H and O–H groups in total. The Hall–Kier alpha value is -1.95. The minimum atomic E-state index is -0.322. The van der Waals surface area contributed by atoms with Crippen molar-refractivity contribution >= 4 is 17.5 Å². The van der Waals surface area contributed by atoms with Crippen molar-refractivity contribution in [1.29, 1.82) is 0 Å². The molecular formula is C16H22FN3O2. The van der Waals surface area contributed by atoms with Gasteiger partial charge in [0.25, 0.3) is 0 Å². The van der Waals surface area contributed by atoms with Gasteiger partial charge in [-0.3, -0.25) is 9.59 Å². The van der Waals surface area contributed by atoms with Gasteiger partial charge in [0.05, 0.1) is 0 Å². The number of nitrogens with one attached hydrogen (secondary N) is 1. The van der Waals surface area contributed by atoms with Crippen molar-refractivity contribution in [2.24, 2.45) is 11.7 Å². The lowest BCUT2D eigenvalue weighted by atomic mass is 9.93. The highest BCUT2D eigenvalue weighted by atomic mass is 19.1. The van der Waals surface area contributed by atoms with Gasteiger partial charge in [-0.1, -0.05) is 0 Å². The Bertz CT molecular complexity index is 511. The summed E-state index contributed by atoms with van der Waals surface area (Å²) >= 11 is 0. The van der Waals surface area contributed by atoms with E-state index in [1.54, 1.807) is 12.1 Å². The van der Waals surface area contributed by atoms with Gasteiger partial charge in [0.1, 0.15) is 5.82 Å². The molecule has 0 saturated carbocycles. The summed E-state index contributed by atoms with van der Waals surface area (Å²) in [4.78, 5) is 25.0. The Morgan fingerprint density at radius 2 is 1.86 bits per heavy atom. The fourth-order valence-electron chi connectivity index (χ4n) is 2.72. The van der Waals surface area contributed by atoms with Crippen molar-refractivity contribution in [1.82, 2.24) is 4.90 Å². The number of amides is 2. The molecule has 1 heterocycles. The van der Waals surface area contributed by atoms with Crippen molar-refractivity contribution in [2.75, 3.05) is 25.0 Å². The zero-order chi connectivity index (χ0) is 15.9. The second-order valence-electron chi connectivity index (χ2n) is 5.76. The van der Waals surface area contributed by atoms with E-state index < -0.39 is 0 Å². The molecule has 1 aliphatic rings. The number of primary amides is 1. The molecule has 6 heteroatoms. The first kappa shape index (κ1) is 16.4. The SMILES string of the molecule is NC(=O)CC1CCN(CCC(=O)Nc2ccc(F)cc2)CC1. The Kier molecular flexibility index (Phi) is 5.89. The summed E-state index contributed by atoms with van der Waals surface area (Å²) < 4.78 is 12.8. The number of nitrogens with two attached hydrogens (primary N) is 1. The fourth-order valence-corrected chi connectivity index (χ4v) is 2.72. The van der Waals surface area contributed by atoms with Crippen molar-refractivity contribution in [3.05, 3.63) is 30.1 Å². The smallest absolute Gasteiger partial charge is 0.225 e. The number of hydrogen-bond acceptors (Lipinski definition) is 3. The van der Waals surface area contributed by atoms with Gasteiger partial charge in [-0.2, -0.15) is 0 Å². The molecule has 1 aromatic rings. The van der Waals surface area contributed by atoms with Crippen LogP contribution in [-0.2, 0) is 9.59 Å². The number of benzene rings is 1.